The number of hydrogen-bond donors (Lipinski definition) is 2. The van der Waals surface area contributed by atoms with Gasteiger partial charge in [0.25, 0.3) is 0 Å². The van der Waals surface area contributed by atoms with E-state index in [1.165, 1.54) is 11.1 Å². The fourth-order valence-electron chi connectivity index (χ4n) is 1.91. The molecule has 0 bridgehead atoms. The summed E-state index contributed by atoms with van der Waals surface area (Å²) in [4.78, 5) is 7.11. The summed E-state index contributed by atoms with van der Waals surface area (Å²) in [5.41, 5.74) is 3.30. The third-order valence-electron chi connectivity index (χ3n) is 2.57. The molecule has 1 heterocycles. The Kier molecular flexibility index (Phi) is 3.06. The van der Waals surface area contributed by atoms with Crippen LogP contribution in [0, 0.1) is 13.8 Å². The first-order valence-corrected chi connectivity index (χ1v) is 5.39. The number of rotatable bonds is 3. The highest BCUT2D eigenvalue weighted by molar-refractivity contribution is 5.30. The van der Waals surface area contributed by atoms with Gasteiger partial charge in [-0.15, -0.1) is 0 Å². The molecule has 2 N–H and O–H groups in total. The first kappa shape index (κ1) is 10.9. The van der Waals surface area contributed by atoms with Crippen LogP contribution in [0.3, 0.4) is 0 Å². The lowest BCUT2D eigenvalue weighted by atomic mass is 10.0. The van der Waals surface area contributed by atoms with Crippen LogP contribution in [0.4, 0.5) is 0 Å². The average molecular weight is 216 g/mol. The van der Waals surface area contributed by atoms with E-state index >= 15 is 0 Å². The number of imidazole rings is 1. The van der Waals surface area contributed by atoms with Crippen LogP contribution in [0.15, 0.2) is 30.6 Å². The molecular weight excluding hydrogens is 200 g/mol. The largest absolute Gasteiger partial charge is 0.388 e. The molecule has 1 aromatic heterocycles. The molecule has 3 heteroatoms. The van der Waals surface area contributed by atoms with Crippen LogP contribution >= 0.6 is 0 Å². The standard InChI is InChI=1S/C13H16N2O/c1-9-5-10(2)7-11(6-9)12(16)8-13-14-3-4-15-13/h3-7,12,16H,8H2,1-2H3,(H,14,15). The lowest BCUT2D eigenvalue weighted by Gasteiger charge is -2.11. The van der Waals surface area contributed by atoms with Crippen molar-refractivity contribution in [2.24, 2.45) is 0 Å². The Hall–Kier alpha value is -1.61. The number of aromatic amines is 1. The Morgan fingerprint density at radius 3 is 2.50 bits per heavy atom. The van der Waals surface area contributed by atoms with Crippen LogP contribution in [-0.2, 0) is 6.42 Å². The Balaban J connectivity index is 2.17. The number of aromatic nitrogens is 2. The van der Waals surface area contributed by atoms with Gasteiger partial charge in [-0.25, -0.2) is 4.98 Å². The molecule has 0 spiro atoms. The van der Waals surface area contributed by atoms with Crippen molar-refractivity contribution in [2.75, 3.05) is 0 Å². The molecule has 1 unspecified atom stereocenters. The van der Waals surface area contributed by atoms with Gasteiger partial charge >= 0.3 is 0 Å². The van der Waals surface area contributed by atoms with Crippen LogP contribution in [-0.4, -0.2) is 15.1 Å². The molecule has 84 valence electrons. The highest BCUT2D eigenvalue weighted by atomic mass is 16.3. The molecule has 0 saturated heterocycles. The number of aliphatic hydroxyl groups excluding tert-OH is 1. The van der Waals surface area contributed by atoms with Gasteiger partial charge in [-0.3, -0.25) is 0 Å². The zero-order valence-corrected chi connectivity index (χ0v) is 9.57. The molecular formula is C13H16N2O. The summed E-state index contributed by atoms with van der Waals surface area (Å²) >= 11 is 0. The van der Waals surface area contributed by atoms with Crippen LogP contribution in [0.1, 0.15) is 28.6 Å². The van der Waals surface area contributed by atoms with E-state index in [1.807, 2.05) is 26.0 Å². The predicted molar refractivity (Wildman–Crippen MR) is 63.2 cm³/mol. The van der Waals surface area contributed by atoms with Crippen LogP contribution < -0.4 is 0 Å². The lowest BCUT2D eigenvalue weighted by Crippen LogP contribution is -2.04. The quantitative estimate of drug-likeness (QED) is 0.827. The molecule has 0 radical (unpaired) electrons. The molecule has 0 saturated carbocycles. The topological polar surface area (TPSA) is 48.9 Å². The van der Waals surface area contributed by atoms with Crippen molar-refractivity contribution in [3.05, 3.63) is 53.1 Å². The molecule has 1 atom stereocenters. The zero-order valence-electron chi connectivity index (χ0n) is 9.57. The van der Waals surface area contributed by atoms with Crippen molar-refractivity contribution in [2.45, 2.75) is 26.4 Å². The van der Waals surface area contributed by atoms with E-state index in [-0.39, 0.29) is 0 Å². The molecule has 0 aliphatic carbocycles. The van der Waals surface area contributed by atoms with Crippen molar-refractivity contribution >= 4 is 0 Å². The maximum atomic E-state index is 10.1. The van der Waals surface area contributed by atoms with E-state index in [4.69, 9.17) is 0 Å². The Labute approximate surface area is 95.2 Å². The fraction of sp³-hybridized carbons (Fsp3) is 0.308. The second-order valence-corrected chi connectivity index (χ2v) is 4.18. The summed E-state index contributed by atoms with van der Waals surface area (Å²) in [6.07, 6.45) is 3.49. The minimum Gasteiger partial charge on any atom is -0.388 e. The molecule has 2 rings (SSSR count). The smallest absolute Gasteiger partial charge is 0.108 e. The van der Waals surface area contributed by atoms with Gasteiger partial charge in [-0.2, -0.15) is 0 Å². The predicted octanol–water partition coefficient (Wildman–Crippen LogP) is 2.30. The molecule has 0 aliphatic heterocycles. The van der Waals surface area contributed by atoms with Gasteiger partial charge in [0, 0.05) is 18.8 Å². The average Bonchev–Trinajstić information content (AvgIpc) is 2.68. The van der Waals surface area contributed by atoms with E-state index in [0.717, 1.165) is 11.4 Å². The fourth-order valence-corrected chi connectivity index (χ4v) is 1.91. The number of nitrogens with zero attached hydrogens (tertiary/aromatic N) is 1. The Morgan fingerprint density at radius 2 is 1.94 bits per heavy atom. The van der Waals surface area contributed by atoms with E-state index in [2.05, 4.69) is 16.0 Å². The van der Waals surface area contributed by atoms with Crippen LogP contribution in [0.25, 0.3) is 0 Å². The first-order valence-electron chi connectivity index (χ1n) is 5.39. The van der Waals surface area contributed by atoms with E-state index in [9.17, 15) is 5.11 Å². The van der Waals surface area contributed by atoms with Crippen LogP contribution in [0.5, 0.6) is 0 Å². The maximum Gasteiger partial charge on any atom is 0.108 e. The molecule has 2 aromatic rings. The van der Waals surface area contributed by atoms with Crippen molar-refractivity contribution in [1.29, 1.82) is 0 Å². The number of aliphatic hydroxyl groups is 1. The van der Waals surface area contributed by atoms with Gasteiger partial charge < -0.3 is 10.1 Å². The highest BCUT2D eigenvalue weighted by Gasteiger charge is 2.10. The van der Waals surface area contributed by atoms with Gasteiger partial charge in [0.1, 0.15) is 5.82 Å². The maximum absolute atomic E-state index is 10.1. The minimum absolute atomic E-state index is 0.496. The first-order chi connectivity index (χ1) is 7.65. The minimum atomic E-state index is -0.496. The Bertz CT molecular complexity index is 443. The molecule has 1 aromatic carbocycles. The summed E-state index contributed by atoms with van der Waals surface area (Å²) < 4.78 is 0. The summed E-state index contributed by atoms with van der Waals surface area (Å²) in [5.74, 6) is 0.812. The molecule has 0 fully saturated rings. The van der Waals surface area contributed by atoms with Crippen molar-refractivity contribution in [3.63, 3.8) is 0 Å². The number of H-pyrrole nitrogens is 1. The summed E-state index contributed by atoms with van der Waals surface area (Å²) in [7, 11) is 0. The van der Waals surface area contributed by atoms with Crippen LogP contribution in [0.2, 0.25) is 0 Å². The number of aryl methyl sites for hydroxylation is 2. The van der Waals surface area contributed by atoms with Gasteiger partial charge in [0.15, 0.2) is 0 Å². The summed E-state index contributed by atoms with van der Waals surface area (Å²) in [6, 6.07) is 6.13. The SMILES string of the molecule is Cc1cc(C)cc(C(O)Cc2ncc[nH]2)c1. The number of nitrogens with one attached hydrogen (secondary N) is 1. The normalized spacial score (nSPS) is 12.7. The second-order valence-electron chi connectivity index (χ2n) is 4.18. The summed E-state index contributed by atoms with van der Waals surface area (Å²) in [5, 5.41) is 10.1. The molecule has 0 amide bonds. The molecule has 3 nitrogen and oxygen atoms in total. The van der Waals surface area contributed by atoms with Gasteiger partial charge in [-0.05, 0) is 19.4 Å². The monoisotopic (exact) mass is 216 g/mol. The lowest BCUT2D eigenvalue weighted by molar-refractivity contribution is 0.176. The summed E-state index contributed by atoms with van der Waals surface area (Å²) in [6.45, 7) is 4.08. The van der Waals surface area contributed by atoms with Crippen molar-refractivity contribution in [1.82, 2.24) is 9.97 Å². The van der Waals surface area contributed by atoms with E-state index in [1.54, 1.807) is 12.4 Å². The van der Waals surface area contributed by atoms with Crippen molar-refractivity contribution < 1.29 is 5.11 Å². The molecule has 0 aliphatic rings. The van der Waals surface area contributed by atoms with Gasteiger partial charge in [0.05, 0.1) is 6.10 Å². The number of benzene rings is 1. The molecule has 16 heavy (non-hydrogen) atoms. The highest BCUT2D eigenvalue weighted by Crippen LogP contribution is 2.19. The third kappa shape index (κ3) is 2.49. The third-order valence-corrected chi connectivity index (χ3v) is 2.57. The van der Waals surface area contributed by atoms with Gasteiger partial charge in [-0.1, -0.05) is 29.3 Å². The Morgan fingerprint density at radius 1 is 1.25 bits per heavy atom. The zero-order chi connectivity index (χ0) is 11.5. The number of hydrogen-bond acceptors (Lipinski definition) is 2. The van der Waals surface area contributed by atoms with Crippen molar-refractivity contribution in [3.8, 4) is 0 Å². The van der Waals surface area contributed by atoms with E-state index < -0.39 is 6.10 Å². The van der Waals surface area contributed by atoms with Gasteiger partial charge in [0.2, 0.25) is 0 Å². The second kappa shape index (κ2) is 4.49. The van der Waals surface area contributed by atoms with E-state index in [0.29, 0.717) is 6.42 Å².